The standard InChI is InChI=1S/C18H19Cl2N5O/c1-4-12-6-5-7-13(8-12)24-16(26)11-23-18(21-2)22-10-14-9-15(19)17(20)25(14)3/h1,5-9H,10-11H2,2-3H3,(H,24,26)(H2,21,22,23). The van der Waals surface area contributed by atoms with Gasteiger partial charge in [-0.05, 0) is 24.3 Å². The Kier molecular flexibility index (Phi) is 6.96. The summed E-state index contributed by atoms with van der Waals surface area (Å²) in [6.45, 7) is 0.503. The topological polar surface area (TPSA) is 70.4 Å². The number of carbonyl (C=O) groups is 1. The lowest BCUT2D eigenvalue weighted by molar-refractivity contribution is -0.115. The van der Waals surface area contributed by atoms with Crippen molar-refractivity contribution in [3.8, 4) is 12.3 Å². The summed E-state index contributed by atoms with van der Waals surface area (Å²) in [5.74, 6) is 2.79. The molecule has 0 aliphatic carbocycles. The van der Waals surface area contributed by atoms with E-state index in [0.717, 1.165) is 5.69 Å². The molecule has 0 saturated heterocycles. The first-order valence-electron chi connectivity index (χ1n) is 7.75. The van der Waals surface area contributed by atoms with Gasteiger partial charge < -0.3 is 20.5 Å². The second-order valence-corrected chi connectivity index (χ2v) is 6.15. The van der Waals surface area contributed by atoms with E-state index in [9.17, 15) is 4.79 Å². The summed E-state index contributed by atoms with van der Waals surface area (Å²) < 4.78 is 1.77. The maximum Gasteiger partial charge on any atom is 0.243 e. The minimum Gasteiger partial charge on any atom is -0.351 e. The lowest BCUT2D eigenvalue weighted by atomic mass is 10.2. The molecule has 0 aliphatic heterocycles. The molecule has 0 fully saturated rings. The van der Waals surface area contributed by atoms with Crippen LogP contribution in [0.2, 0.25) is 10.2 Å². The van der Waals surface area contributed by atoms with E-state index in [4.69, 9.17) is 29.6 Å². The van der Waals surface area contributed by atoms with Crippen molar-refractivity contribution in [2.75, 3.05) is 18.9 Å². The number of hydrogen-bond acceptors (Lipinski definition) is 2. The van der Waals surface area contributed by atoms with Crippen LogP contribution in [0.4, 0.5) is 5.69 Å². The molecule has 1 amide bonds. The second-order valence-electron chi connectivity index (χ2n) is 5.39. The first kappa shape index (κ1) is 19.7. The van der Waals surface area contributed by atoms with Crippen molar-refractivity contribution in [2.24, 2.45) is 12.0 Å². The number of benzene rings is 1. The number of nitrogens with one attached hydrogen (secondary N) is 3. The number of aliphatic imine (C=N–C) groups is 1. The van der Waals surface area contributed by atoms with Gasteiger partial charge in [0.05, 0.1) is 18.1 Å². The minimum absolute atomic E-state index is 0.0502. The monoisotopic (exact) mass is 391 g/mol. The molecule has 0 unspecified atom stereocenters. The molecular formula is C18H19Cl2N5O. The van der Waals surface area contributed by atoms with Gasteiger partial charge in [-0.25, -0.2) is 0 Å². The van der Waals surface area contributed by atoms with Crippen LogP contribution < -0.4 is 16.0 Å². The Hall–Kier alpha value is -2.62. The first-order valence-corrected chi connectivity index (χ1v) is 8.50. The molecule has 0 spiro atoms. The number of halogens is 2. The number of aromatic nitrogens is 1. The number of carbonyl (C=O) groups excluding carboxylic acids is 1. The highest BCUT2D eigenvalue weighted by Crippen LogP contribution is 2.24. The summed E-state index contributed by atoms with van der Waals surface area (Å²) >= 11 is 12.0. The van der Waals surface area contributed by atoms with Gasteiger partial charge in [0.2, 0.25) is 5.91 Å². The van der Waals surface area contributed by atoms with E-state index in [1.807, 2.05) is 7.05 Å². The van der Waals surface area contributed by atoms with Crippen molar-refractivity contribution < 1.29 is 4.79 Å². The lowest BCUT2D eigenvalue weighted by Gasteiger charge is -2.12. The Balaban J connectivity index is 1.85. The summed E-state index contributed by atoms with van der Waals surface area (Å²) in [5.41, 5.74) is 2.23. The molecule has 1 aromatic carbocycles. The Morgan fingerprint density at radius 1 is 1.31 bits per heavy atom. The summed E-state index contributed by atoms with van der Waals surface area (Å²) in [7, 11) is 3.44. The van der Waals surface area contributed by atoms with Crippen molar-refractivity contribution >= 4 is 40.8 Å². The van der Waals surface area contributed by atoms with Gasteiger partial charge in [-0.3, -0.25) is 9.79 Å². The smallest absolute Gasteiger partial charge is 0.243 e. The third-order valence-corrected chi connectivity index (χ3v) is 4.45. The van der Waals surface area contributed by atoms with Crippen molar-refractivity contribution in [3.05, 3.63) is 51.8 Å². The molecule has 0 saturated carbocycles. The van der Waals surface area contributed by atoms with Gasteiger partial charge in [-0.2, -0.15) is 0 Å². The highest BCUT2D eigenvalue weighted by Gasteiger charge is 2.10. The number of nitrogens with zero attached hydrogens (tertiary/aromatic N) is 2. The third kappa shape index (κ3) is 5.19. The molecule has 3 N–H and O–H groups in total. The predicted molar refractivity (Wildman–Crippen MR) is 107 cm³/mol. The fraction of sp³-hybridized carbons (Fsp3) is 0.222. The van der Waals surface area contributed by atoms with Crippen molar-refractivity contribution in [1.82, 2.24) is 15.2 Å². The summed E-state index contributed by atoms with van der Waals surface area (Å²) in [4.78, 5) is 16.1. The van der Waals surface area contributed by atoms with Gasteiger partial charge in [0.25, 0.3) is 0 Å². The molecule has 1 aromatic heterocycles. The maximum atomic E-state index is 12.1. The van der Waals surface area contributed by atoms with Crippen molar-refractivity contribution in [2.45, 2.75) is 6.54 Å². The van der Waals surface area contributed by atoms with Crippen LogP contribution in [0.15, 0.2) is 35.3 Å². The summed E-state index contributed by atoms with van der Waals surface area (Å²) in [6, 6.07) is 8.86. The number of rotatable bonds is 5. The highest BCUT2D eigenvalue weighted by molar-refractivity contribution is 6.41. The van der Waals surface area contributed by atoms with Gasteiger partial charge in [0.1, 0.15) is 5.15 Å². The summed E-state index contributed by atoms with van der Waals surface area (Å²) in [6.07, 6.45) is 5.35. The van der Waals surface area contributed by atoms with Crippen LogP contribution in [0.25, 0.3) is 0 Å². The van der Waals surface area contributed by atoms with E-state index in [2.05, 4.69) is 26.9 Å². The minimum atomic E-state index is -0.216. The molecule has 2 rings (SSSR count). The zero-order chi connectivity index (χ0) is 19.1. The van der Waals surface area contributed by atoms with Crippen LogP contribution in [0.3, 0.4) is 0 Å². The predicted octanol–water partition coefficient (Wildman–Crippen LogP) is 2.62. The zero-order valence-electron chi connectivity index (χ0n) is 14.4. The number of terminal acetylenes is 1. The Morgan fingerprint density at radius 2 is 2.08 bits per heavy atom. The van der Waals surface area contributed by atoms with Crippen molar-refractivity contribution in [3.63, 3.8) is 0 Å². The van der Waals surface area contributed by atoms with Crippen molar-refractivity contribution in [1.29, 1.82) is 0 Å². The molecule has 6 nitrogen and oxygen atoms in total. The number of anilines is 1. The molecule has 0 aliphatic rings. The fourth-order valence-corrected chi connectivity index (χ4v) is 2.63. The van der Waals surface area contributed by atoms with Crippen LogP contribution in [-0.4, -0.2) is 30.0 Å². The average molecular weight is 392 g/mol. The lowest BCUT2D eigenvalue weighted by Crippen LogP contribution is -2.41. The van der Waals surface area contributed by atoms with E-state index in [1.165, 1.54) is 0 Å². The van der Waals surface area contributed by atoms with E-state index in [0.29, 0.717) is 33.9 Å². The van der Waals surface area contributed by atoms with Crippen LogP contribution in [0.1, 0.15) is 11.3 Å². The zero-order valence-corrected chi connectivity index (χ0v) is 15.9. The molecule has 0 atom stereocenters. The molecule has 2 aromatic rings. The maximum absolute atomic E-state index is 12.1. The van der Waals surface area contributed by atoms with Gasteiger partial charge in [-0.1, -0.05) is 35.2 Å². The molecule has 0 bridgehead atoms. The Morgan fingerprint density at radius 3 is 2.69 bits per heavy atom. The molecule has 1 heterocycles. The molecule has 136 valence electrons. The van der Waals surface area contributed by atoms with E-state index in [-0.39, 0.29) is 12.5 Å². The highest BCUT2D eigenvalue weighted by atomic mass is 35.5. The Labute approximate surface area is 162 Å². The molecule has 26 heavy (non-hydrogen) atoms. The van der Waals surface area contributed by atoms with E-state index < -0.39 is 0 Å². The van der Waals surface area contributed by atoms with Gasteiger partial charge >= 0.3 is 0 Å². The molecular weight excluding hydrogens is 373 g/mol. The largest absolute Gasteiger partial charge is 0.351 e. The van der Waals surface area contributed by atoms with Gasteiger partial charge in [0, 0.05) is 31.0 Å². The SMILES string of the molecule is C#Cc1cccc(NC(=O)CNC(=NC)NCc2cc(Cl)c(Cl)n2C)c1. The Bertz CT molecular complexity index is 867. The van der Waals surface area contributed by atoms with Gasteiger partial charge in [0.15, 0.2) is 5.96 Å². The van der Waals surface area contributed by atoms with Crippen LogP contribution in [0.5, 0.6) is 0 Å². The fourth-order valence-electron chi connectivity index (χ4n) is 2.21. The van der Waals surface area contributed by atoms with Crippen LogP contribution >= 0.6 is 23.2 Å². The number of guanidine groups is 1. The normalized spacial score (nSPS) is 11.0. The third-order valence-electron chi connectivity index (χ3n) is 3.61. The summed E-state index contributed by atoms with van der Waals surface area (Å²) in [5, 5.41) is 9.77. The quantitative estimate of drug-likeness (QED) is 0.416. The molecule has 0 radical (unpaired) electrons. The average Bonchev–Trinajstić information content (AvgIpc) is 2.89. The van der Waals surface area contributed by atoms with E-state index >= 15 is 0 Å². The molecule has 8 heteroatoms. The second kappa shape index (κ2) is 9.18. The number of hydrogen-bond donors (Lipinski definition) is 3. The van der Waals surface area contributed by atoms with Crippen LogP contribution in [-0.2, 0) is 18.4 Å². The van der Waals surface area contributed by atoms with E-state index in [1.54, 1.807) is 41.9 Å². The first-order chi connectivity index (χ1) is 12.4. The van der Waals surface area contributed by atoms with Crippen LogP contribution in [0, 0.1) is 12.3 Å². The number of amides is 1. The van der Waals surface area contributed by atoms with Gasteiger partial charge in [-0.15, -0.1) is 6.42 Å².